The molecular formula is C24H23NO4S. The van der Waals surface area contributed by atoms with Gasteiger partial charge < -0.3 is 14.7 Å². The molecule has 0 fully saturated rings. The van der Waals surface area contributed by atoms with Crippen molar-refractivity contribution in [1.29, 1.82) is 0 Å². The molecule has 0 amide bonds. The number of carboxylic acids is 1. The Bertz CT molecular complexity index is 1060. The van der Waals surface area contributed by atoms with Crippen molar-refractivity contribution in [2.45, 2.75) is 30.4 Å². The highest BCUT2D eigenvalue weighted by Crippen LogP contribution is 2.47. The highest BCUT2D eigenvalue weighted by atomic mass is 32.2. The molecule has 1 N–H and O–H groups in total. The van der Waals surface area contributed by atoms with Crippen molar-refractivity contribution in [2.75, 3.05) is 13.2 Å². The lowest BCUT2D eigenvalue weighted by Crippen LogP contribution is -2.33. The summed E-state index contributed by atoms with van der Waals surface area (Å²) >= 11 is 1.65. The van der Waals surface area contributed by atoms with Crippen LogP contribution in [0.2, 0.25) is 0 Å². The molecule has 0 aromatic heterocycles. The number of ether oxygens (including phenoxy) is 1. The molecule has 0 saturated carbocycles. The highest BCUT2D eigenvalue weighted by Gasteiger charge is 2.44. The molecule has 6 heteroatoms. The summed E-state index contributed by atoms with van der Waals surface area (Å²) in [5.74, 6) is -1.32. The van der Waals surface area contributed by atoms with Gasteiger partial charge in [-0.2, -0.15) is 0 Å². The second-order valence-electron chi connectivity index (χ2n) is 7.23. The first-order valence-electron chi connectivity index (χ1n) is 9.90. The van der Waals surface area contributed by atoms with Gasteiger partial charge in [-0.25, -0.2) is 9.59 Å². The average molecular weight is 422 g/mol. The summed E-state index contributed by atoms with van der Waals surface area (Å²) in [6, 6.07) is 17.9. The van der Waals surface area contributed by atoms with E-state index in [0.29, 0.717) is 17.8 Å². The Kier molecular flexibility index (Phi) is 5.68. The summed E-state index contributed by atoms with van der Waals surface area (Å²) in [6.07, 6.45) is 0. The van der Waals surface area contributed by atoms with E-state index >= 15 is 0 Å². The number of esters is 1. The molecule has 1 atom stereocenters. The molecule has 2 aliphatic heterocycles. The number of hydrogen-bond acceptors (Lipinski definition) is 5. The van der Waals surface area contributed by atoms with Crippen LogP contribution in [-0.2, 0) is 20.1 Å². The predicted octanol–water partition coefficient (Wildman–Crippen LogP) is 4.57. The van der Waals surface area contributed by atoms with Crippen molar-refractivity contribution >= 4 is 23.7 Å². The smallest absolute Gasteiger partial charge is 0.337 e. The molecule has 4 rings (SSSR count). The summed E-state index contributed by atoms with van der Waals surface area (Å²) in [7, 11) is 0. The van der Waals surface area contributed by atoms with Gasteiger partial charge in [-0.15, -0.1) is 11.8 Å². The Morgan fingerprint density at radius 2 is 1.87 bits per heavy atom. The van der Waals surface area contributed by atoms with Gasteiger partial charge >= 0.3 is 11.9 Å². The number of carbonyl (C=O) groups is 2. The third kappa shape index (κ3) is 3.52. The van der Waals surface area contributed by atoms with Crippen LogP contribution < -0.4 is 0 Å². The second-order valence-corrected chi connectivity index (χ2v) is 8.25. The Labute approximate surface area is 180 Å². The maximum Gasteiger partial charge on any atom is 0.337 e. The number of carboxylic acid groups (broad SMARTS) is 1. The molecule has 0 radical (unpaired) electrons. The lowest BCUT2D eigenvalue weighted by atomic mass is 9.80. The minimum atomic E-state index is -1.01. The maximum atomic E-state index is 12.7. The number of allylic oxidation sites excluding steroid dienone is 1. The number of nitrogens with zero attached hydrogens (tertiary/aromatic N) is 1. The van der Waals surface area contributed by atoms with Gasteiger partial charge in [0.1, 0.15) is 6.61 Å². The molecule has 0 aliphatic carbocycles. The van der Waals surface area contributed by atoms with Crippen LogP contribution in [0.3, 0.4) is 0 Å². The number of likely N-dealkylation sites (N-methyl/N-ethyl adjacent to an activating group) is 1. The van der Waals surface area contributed by atoms with Crippen LogP contribution >= 0.6 is 11.8 Å². The van der Waals surface area contributed by atoms with Crippen molar-refractivity contribution in [2.24, 2.45) is 0 Å². The van der Waals surface area contributed by atoms with Gasteiger partial charge in [0.25, 0.3) is 0 Å². The van der Waals surface area contributed by atoms with Crippen LogP contribution in [0.5, 0.6) is 0 Å². The molecular weight excluding hydrogens is 398 g/mol. The highest BCUT2D eigenvalue weighted by molar-refractivity contribution is 7.98. The molecule has 2 aromatic carbocycles. The number of thioether (sulfide) groups is 1. The fourth-order valence-electron chi connectivity index (χ4n) is 4.22. The van der Waals surface area contributed by atoms with E-state index in [1.54, 1.807) is 11.8 Å². The van der Waals surface area contributed by atoms with Crippen LogP contribution in [0, 0.1) is 0 Å². The van der Waals surface area contributed by atoms with Crippen molar-refractivity contribution in [3.8, 4) is 0 Å². The van der Waals surface area contributed by atoms with Gasteiger partial charge in [-0.3, -0.25) is 0 Å². The van der Waals surface area contributed by atoms with E-state index < -0.39 is 17.9 Å². The van der Waals surface area contributed by atoms with E-state index in [1.165, 1.54) is 5.56 Å². The zero-order chi connectivity index (χ0) is 21.3. The Morgan fingerprint density at radius 3 is 2.57 bits per heavy atom. The lowest BCUT2D eigenvalue weighted by Gasteiger charge is -2.35. The van der Waals surface area contributed by atoms with Gasteiger partial charge in [0.15, 0.2) is 0 Å². The molecule has 154 valence electrons. The van der Waals surface area contributed by atoms with E-state index in [2.05, 4.69) is 12.1 Å². The van der Waals surface area contributed by atoms with Gasteiger partial charge in [0.2, 0.25) is 0 Å². The van der Waals surface area contributed by atoms with Gasteiger partial charge in [-0.1, -0.05) is 48.5 Å². The maximum absolute atomic E-state index is 12.7. The molecule has 2 heterocycles. The predicted molar refractivity (Wildman–Crippen MR) is 116 cm³/mol. The van der Waals surface area contributed by atoms with E-state index in [4.69, 9.17) is 4.74 Å². The Hall–Kier alpha value is -2.99. The number of benzene rings is 2. The van der Waals surface area contributed by atoms with E-state index in [1.807, 2.05) is 61.2 Å². The number of cyclic esters (lactones) is 1. The minimum absolute atomic E-state index is 0.183. The zero-order valence-electron chi connectivity index (χ0n) is 16.9. The molecule has 2 aliphatic rings. The molecule has 30 heavy (non-hydrogen) atoms. The van der Waals surface area contributed by atoms with Crippen molar-refractivity contribution < 1.29 is 19.4 Å². The van der Waals surface area contributed by atoms with Gasteiger partial charge in [0.05, 0.1) is 22.8 Å². The second kappa shape index (κ2) is 8.40. The number of carbonyl (C=O) groups excluding carboxylic acids is 1. The molecule has 1 unspecified atom stereocenters. The van der Waals surface area contributed by atoms with Crippen molar-refractivity contribution in [3.63, 3.8) is 0 Å². The number of aliphatic carboxylic acids is 1. The quantitative estimate of drug-likeness (QED) is 0.545. The van der Waals surface area contributed by atoms with Crippen LogP contribution in [-0.4, -0.2) is 35.1 Å². The minimum Gasteiger partial charge on any atom is -0.478 e. The first-order chi connectivity index (χ1) is 14.5. The zero-order valence-corrected chi connectivity index (χ0v) is 17.7. The largest absolute Gasteiger partial charge is 0.478 e. The summed E-state index contributed by atoms with van der Waals surface area (Å²) in [4.78, 5) is 27.9. The van der Waals surface area contributed by atoms with Crippen molar-refractivity contribution in [1.82, 2.24) is 4.90 Å². The monoisotopic (exact) mass is 421 g/mol. The summed E-state index contributed by atoms with van der Waals surface area (Å²) in [6.45, 7) is 4.52. The third-order valence-electron chi connectivity index (χ3n) is 5.58. The van der Waals surface area contributed by atoms with E-state index in [0.717, 1.165) is 21.9 Å². The number of rotatable bonds is 6. The topological polar surface area (TPSA) is 66.8 Å². The summed E-state index contributed by atoms with van der Waals surface area (Å²) < 4.78 is 5.35. The fraction of sp³-hybridized carbons (Fsp3) is 0.250. The SMILES string of the molecule is CCN1C(C)=C(C(=O)O)C(c2ccccc2SCc2ccccc2)C2=C1COC2=O. The molecule has 0 saturated heterocycles. The van der Waals surface area contributed by atoms with Crippen molar-refractivity contribution in [3.05, 3.63) is 88.3 Å². The average Bonchev–Trinajstić information content (AvgIpc) is 3.13. The van der Waals surface area contributed by atoms with Gasteiger partial charge in [0, 0.05) is 22.9 Å². The summed E-state index contributed by atoms with van der Waals surface area (Å²) in [5, 5.41) is 10.1. The molecule has 0 bridgehead atoms. The fourth-order valence-corrected chi connectivity index (χ4v) is 5.26. The normalized spacial score (nSPS) is 18.5. The van der Waals surface area contributed by atoms with Gasteiger partial charge in [-0.05, 0) is 31.0 Å². The molecule has 2 aromatic rings. The van der Waals surface area contributed by atoms with Crippen LogP contribution in [0.4, 0.5) is 0 Å². The van der Waals surface area contributed by atoms with Crippen LogP contribution in [0.15, 0.2) is 82.0 Å². The summed E-state index contributed by atoms with van der Waals surface area (Å²) in [5.41, 5.74) is 4.14. The Morgan fingerprint density at radius 1 is 1.17 bits per heavy atom. The third-order valence-corrected chi connectivity index (χ3v) is 6.74. The van der Waals surface area contributed by atoms with Crippen LogP contribution in [0.1, 0.15) is 30.9 Å². The standard InChI is InChI=1S/C24H23NO4S/c1-3-25-15(2)20(23(26)27)21(22-18(25)13-29-24(22)28)17-11-7-8-12-19(17)30-14-16-9-5-4-6-10-16/h4-12,21H,3,13-14H2,1-2H3,(H,26,27). The lowest BCUT2D eigenvalue weighted by molar-refractivity contribution is -0.136. The molecule has 0 spiro atoms. The van der Waals surface area contributed by atoms with E-state index in [-0.39, 0.29) is 12.2 Å². The Balaban J connectivity index is 1.81. The first-order valence-corrected chi connectivity index (χ1v) is 10.9. The molecule has 5 nitrogen and oxygen atoms in total. The number of hydrogen-bond donors (Lipinski definition) is 1. The first kappa shape index (κ1) is 20.3. The van der Waals surface area contributed by atoms with E-state index in [9.17, 15) is 14.7 Å². The van der Waals surface area contributed by atoms with Crippen LogP contribution in [0.25, 0.3) is 0 Å².